The molecular weight excluding hydrogens is 248 g/mol. The highest BCUT2D eigenvalue weighted by Crippen LogP contribution is 2.36. The van der Waals surface area contributed by atoms with Crippen molar-refractivity contribution < 1.29 is 9.90 Å². The fraction of sp³-hybridized carbons (Fsp3) is 0.231. The molecule has 0 radical (unpaired) electrons. The van der Waals surface area contributed by atoms with Crippen LogP contribution in [0.25, 0.3) is 0 Å². The number of carbonyl (C=O) groups is 1. The van der Waals surface area contributed by atoms with Gasteiger partial charge in [-0.3, -0.25) is 4.79 Å². The molecule has 1 amide bonds. The first-order chi connectivity index (χ1) is 8.75. The molecule has 0 bridgehead atoms. The number of hydrogen-bond acceptors (Lipinski definition) is 4. The summed E-state index contributed by atoms with van der Waals surface area (Å²) in [4.78, 5) is 15.9. The predicted molar refractivity (Wildman–Crippen MR) is 68.7 cm³/mol. The lowest BCUT2D eigenvalue weighted by atomic mass is 10.1. The van der Waals surface area contributed by atoms with Gasteiger partial charge in [-0.25, -0.2) is 4.98 Å². The highest BCUT2D eigenvalue weighted by molar-refractivity contribution is 7.07. The molecule has 0 saturated carbocycles. The van der Waals surface area contributed by atoms with Crippen LogP contribution in [0, 0.1) is 0 Å². The fourth-order valence-electron chi connectivity index (χ4n) is 2.34. The molecule has 0 unspecified atom stereocenters. The quantitative estimate of drug-likeness (QED) is 0.870. The van der Waals surface area contributed by atoms with Crippen LogP contribution < -0.4 is 5.32 Å². The largest absolute Gasteiger partial charge is 0.508 e. The number of nitrogens with one attached hydrogen (secondary N) is 1. The van der Waals surface area contributed by atoms with Crippen LogP contribution in [0.1, 0.15) is 34.1 Å². The summed E-state index contributed by atoms with van der Waals surface area (Å²) < 4.78 is 0. The maximum Gasteiger partial charge on any atom is 0.271 e. The molecule has 0 aliphatic heterocycles. The van der Waals surface area contributed by atoms with Crippen molar-refractivity contribution >= 4 is 17.2 Å². The van der Waals surface area contributed by atoms with E-state index in [9.17, 15) is 9.90 Å². The molecule has 3 rings (SSSR count). The zero-order valence-electron chi connectivity index (χ0n) is 9.59. The Morgan fingerprint density at radius 3 is 3.17 bits per heavy atom. The molecule has 1 aromatic heterocycles. The molecule has 0 spiro atoms. The zero-order valence-corrected chi connectivity index (χ0v) is 10.4. The summed E-state index contributed by atoms with van der Waals surface area (Å²) in [6.07, 6.45) is 1.62. The number of nitrogens with zero attached hydrogens (tertiary/aromatic N) is 1. The monoisotopic (exact) mass is 260 g/mol. The van der Waals surface area contributed by atoms with E-state index in [0.717, 1.165) is 24.0 Å². The molecule has 2 aromatic rings. The van der Waals surface area contributed by atoms with Crippen molar-refractivity contribution in [2.24, 2.45) is 0 Å². The summed E-state index contributed by atoms with van der Waals surface area (Å²) in [5.41, 5.74) is 4.05. The lowest BCUT2D eigenvalue weighted by molar-refractivity contribution is 0.0932. The third-order valence-corrected chi connectivity index (χ3v) is 3.80. The third-order valence-electron chi connectivity index (χ3n) is 3.22. The van der Waals surface area contributed by atoms with Gasteiger partial charge >= 0.3 is 0 Å². The molecule has 0 saturated heterocycles. The van der Waals surface area contributed by atoms with E-state index < -0.39 is 0 Å². The zero-order chi connectivity index (χ0) is 12.5. The van der Waals surface area contributed by atoms with Gasteiger partial charge in [-0.2, -0.15) is 0 Å². The average Bonchev–Trinajstić information content (AvgIpc) is 2.99. The lowest BCUT2D eigenvalue weighted by Gasteiger charge is -2.13. The molecule has 1 aliphatic carbocycles. The Bertz CT molecular complexity index is 581. The van der Waals surface area contributed by atoms with E-state index in [1.165, 1.54) is 11.3 Å². The molecule has 2 N–H and O–H groups in total. The minimum absolute atomic E-state index is 0.0266. The standard InChI is InChI=1S/C13H12N2O2S/c16-12-3-1-2-8-9(12)4-5-10(8)15-13(17)11-6-18-7-14-11/h1-3,6-7,10,16H,4-5H2,(H,15,17)/t10-/m0/s1. The number of rotatable bonds is 2. The molecule has 92 valence electrons. The first-order valence-corrected chi connectivity index (χ1v) is 6.70. The van der Waals surface area contributed by atoms with Crippen molar-refractivity contribution in [2.75, 3.05) is 0 Å². The van der Waals surface area contributed by atoms with Crippen molar-refractivity contribution in [3.63, 3.8) is 0 Å². The lowest BCUT2D eigenvalue weighted by Crippen LogP contribution is -2.27. The number of aromatic nitrogens is 1. The van der Waals surface area contributed by atoms with Crippen molar-refractivity contribution in [1.82, 2.24) is 10.3 Å². The maximum absolute atomic E-state index is 11.9. The van der Waals surface area contributed by atoms with E-state index in [0.29, 0.717) is 11.4 Å². The minimum atomic E-state index is -0.155. The number of aromatic hydroxyl groups is 1. The smallest absolute Gasteiger partial charge is 0.271 e. The molecule has 18 heavy (non-hydrogen) atoms. The number of amides is 1. The minimum Gasteiger partial charge on any atom is -0.508 e. The Morgan fingerprint density at radius 1 is 1.50 bits per heavy atom. The average molecular weight is 260 g/mol. The van der Waals surface area contributed by atoms with Gasteiger partial charge in [0.05, 0.1) is 11.6 Å². The molecular formula is C13H12N2O2S. The normalized spacial score (nSPS) is 17.4. The summed E-state index contributed by atoms with van der Waals surface area (Å²) in [7, 11) is 0. The first kappa shape index (κ1) is 11.2. The van der Waals surface area contributed by atoms with Crippen LogP contribution in [0.3, 0.4) is 0 Å². The number of thiazole rings is 1. The van der Waals surface area contributed by atoms with Gasteiger partial charge in [0.1, 0.15) is 11.4 Å². The number of phenolic OH excluding ortho intramolecular Hbond substituents is 1. The number of fused-ring (bicyclic) bond motifs is 1. The Kier molecular flexibility index (Phi) is 2.76. The van der Waals surface area contributed by atoms with Crippen molar-refractivity contribution in [3.8, 4) is 5.75 Å². The Balaban J connectivity index is 1.81. The SMILES string of the molecule is O=C(N[C@H]1CCc2c(O)cccc21)c1cscn1. The van der Waals surface area contributed by atoms with E-state index >= 15 is 0 Å². The topological polar surface area (TPSA) is 62.2 Å². The van der Waals surface area contributed by atoms with Crippen LogP contribution >= 0.6 is 11.3 Å². The van der Waals surface area contributed by atoms with Crippen molar-refractivity contribution in [1.29, 1.82) is 0 Å². The highest BCUT2D eigenvalue weighted by atomic mass is 32.1. The molecule has 4 nitrogen and oxygen atoms in total. The fourth-order valence-corrected chi connectivity index (χ4v) is 2.87. The number of carbonyl (C=O) groups excluding carboxylic acids is 1. The summed E-state index contributed by atoms with van der Waals surface area (Å²) in [5, 5.41) is 14.4. The Labute approximate surface area is 108 Å². The van der Waals surface area contributed by atoms with Gasteiger partial charge in [-0.1, -0.05) is 12.1 Å². The molecule has 1 aliphatic rings. The molecule has 1 heterocycles. The second-order valence-corrected chi connectivity index (χ2v) is 5.00. The van der Waals surface area contributed by atoms with Crippen LogP contribution in [-0.2, 0) is 6.42 Å². The van der Waals surface area contributed by atoms with Gasteiger partial charge in [0.2, 0.25) is 0 Å². The summed E-state index contributed by atoms with van der Waals surface area (Å²) in [6.45, 7) is 0. The highest BCUT2D eigenvalue weighted by Gasteiger charge is 2.26. The summed E-state index contributed by atoms with van der Waals surface area (Å²) >= 11 is 1.40. The van der Waals surface area contributed by atoms with E-state index in [1.54, 1.807) is 17.0 Å². The number of benzene rings is 1. The number of phenols is 1. The second-order valence-electron chi connectivity index (χ2n) is 4.28. The summed E-state index contributed by atoms with van der Waals surface area (Å²) in [5.74, 6) is 0.162. The van der Waals surface area contributed by atoms with Gasteiger partial charge in [0.15, 0.2) is 0 Å². The van der Waals surface area contributed by atoms with Gasteiger partial charge in [-0.05, 0) is 30.0 Å². The van der Waals surface area contributed by atoms with Crippen LogP contribution in [0.2, 0.25) is 0 Å². The van der Waals surface area contributed by atoms with E-state index in [1.807, 2.05) is 12.1 Å². The Hall–Kier alpha value is -1.88. The molecule has 1 aromatic carbocycles. The predicted octanol–water partition coefficient (Wildman–Crippen LogP) is 2.27. The van der Waals surface area contributed by atoms with Crippen LogP contribution in [-0.4, -0.2) is 16.0 Å². The molecule has 5 heteroatoms. The van der Waals surface area contributed by atoms with Crippen LogP contribution in [0.5, 0.6) is 5.75 Å². The maximum atomic E-state index is 11.9. The van der Waals surface area contributed by atoms with Crippen molar-refractivity contribution in [2.45, 2.75) is 18.9 Å². The van der Waals surface area contributed by atoms with Gasteiger partial charge in [0, 0.05) is 5.38 Å². The molecule has 1 atom stereocenters. The van der Waals surface area contributed by atoms with Crippen LogP contribution in [0.15, 0.2) is 29.1 Å². The van der Waals surface area contributed by atoms with Gasteiger partial charge in [-0.15, -0.1) is 11.3 Å². The van der Waals surface area contributed by atoms with E-state index in [4.69, 9.17) is 0 Å². The summed E-state index contributed by atoms with van der Waals surface area (Å²) in [6, 6.07) is 5.42. The van der Waals surface area contributed by atoms with Crippen molar-refractivity contribution in [3.05, 3.63) is 45.9 Å². The van der Waals surface area contributed by atoms with Gasteiger partial charge in [0.25, 0.3) is 5.91 Å². The number of hydrogen-bond donors (Lipinski definition) is 2. The molecule has 0 fully saturated rings. The van der Waals surface area contributed by atoms with Gasteiger partial charge < -0.3 is 10.4 Å². The first-order valence-electron chi connectivity index (χ1n) is 5.75. The van der Waals surface area contributed by atoms with E-state index in [-0.39, 0.29) is 11.9 Å². The van der Waals surface area contributed by atoms with E-state index in [2.05, 4.69) is 10.3 Å². The second kappa shape index (κ2) is 4.42. The third kappa shape index (κ3) is 1.86. The Morgan fingerprint density at radius 2 is 2.39 bits per heavy atom. The van der Waals surface area contributed by atoms with Crippen LogP contribution in [0.4, 0.5) is 0 Å².